The molecular weight excluding hydrogens is 470 g/mol. The second kappa shape index (κ2) is 10.4. The summed E-state index contributed by atoms with van der Waals surface area (Å²) < 4.78 is 57.1. The molecule has 0 radical (unpaired) electrons. The second-order valence-corrected chi connectivity index (χ2v) is 7.98. The van der Waals surface area contributed by atoms with Crippen molar-refractivity contribution in [2.45, 2.75) is 44.6 Å². The number of hydrogen-bond acceptors (Lipinski definition) is 5. The van der Waals surface area contributed by atoms with E-state index < -0.39 is 36.4 Å². The van der Waals surface area contributed by atoms with Crippen LogP contribution in [0.1, 0.15) is 18.5 Å². The van der Waals surface area contributed by atoms with E-state index in [0.29, 0.717) is 19.4 Å². The molecule has 0 bridgehead atoms. The van der Waals surface area contributed by atoms with Gasteiger partial charge in [-0.1, -0.05) is 11.6 Å². The van der Waals surface area contributed by atoms with Gasteiger partial charge in [0.15, 0.2) is 6.61 Å². The summed E-state index contributed by atoms with van der Waals surface area (Å²) in [6.45, 7) is 0.192. The van der Waals surface area contributed by atoms with Crippen molar-refractivity contribution < 1.29 is 31.9 Å². The van der Waals surface area contributed by atoms with Gasteiger partial charge in [-0.15, -0.1) is 0 Å². The lowest BCUT2D eigenvalue weighted by Gasteiger charge is -2.29. The Labute approximate surface area is 191 Å². The number of piperidine rings is 1. The third-order valence-corrected chi connectivity index (χ3v) is 5.35. The fourth-order valence-electron chi connectivity index (χ4n) is 3.31. The molecule has 0 aliphatic carbocycles. The number of amides is 2. The summed E-state index contributed by atoms with van der Waals surface area (Å²) in [6.07, 6.45) is -2.34. The molecule has 1 aromatic heterocycles. The topological polar surface area (TPSA) is 97.3 Å². The van der Waals surface area contributed by atoms with Gasteiger partial charge in [0.25, 0.3) is 5.91 Å². The van der Waals surface area contributed by atoms with Gasteiger partial charge < -0.3 is 20.7 Å². The zero-order valence-corrected chi connectivity index (χ0v) is 18.3. The van der Waals surface area contributed by atoms with Crippen molar-refractivity contribution in [3.8, 4) is 5.75 Å². The van der Waals surface area contributed by atoms with Gasteiger partial charge in [0.2, 0.25) is 5.91 Å². The molecular formula is C20H22ClF4N5O3. The molecule has 1 fully saturated rings. The maximum atomic E-state index is 13.4. The number of aromatic nitrogens is 2. The molecule has 13 heteroatoms. The van der Waals surface area contributed by atoms with Gasteiger partial charge in [-0.25, -0.2) is 4.39 Å². The molecule has 3 N–H and O–H groups in total. The lowest BCUT2D eigenvalue weighted by atomic mass is 10.00. The number of carbonyl (C=O) groups is 2. The van der Waals surface area contributed by atoms with E-state index in [-0.39, 0.29) is 34.8 Å². The molecule has 1 aliphatic rings. The third-order valence-electron chi connectivity index (χ3n) is 5.05. The average Bonchev–Trinajstić information content (AvgIpc) is 3.07. The molecule has 1 aromatic carbocycles. The standard InChI is InChI=1S/C20H22ClF4N5O3/c1-11-17(8-27-30(11)10-20(23,24)25)29-19(32)16-5-2-12(7-26-16)28-18(31)9-33-13-3-4-14(21)15(22)6-13/h3-4,6,8,12,16,26H,2,5,7,9-10H2,1H3,(H,28,31)(H,29,32)/t12-,16+/m0/s1. The van der Waals surface area contributed by atoms with E-state index in [4.69, 9.17) is 16.3 Å². The highest BCUT2D eigenvalue weighted by Gasteiger charge is 2.30. The van der Waals surface area contributed by atoms with Gasteiger partial charge in [-0.2, -0.15) is 18.3 Å². The zero-order chi connectivity index (χ0) is 24.2. The Hall–Kier alpha value is -2.86. The zero-order valence-electron chi connectivity index (χ0n) is 17.5. The highest BCUT2D eigenvalue weighted by Crippen LogP contribution is 2.22. The van der Waals surface area contributed by atoms with E-state index in [2.05, 4.69) is 21.0 Å². The highest BCUT2D eigenvalue weighted by atomic mass is 35.5. The Morgan fingerprint density at radius 2 is 2.09 bits per heavy atom. The molecule has 0 unspecified atom stereocenters. The molecule has 3 rings (SSSR count). The van der Waals surface area contributed by atoms with Crippen LogP contribution in [0.4, 0.5) is 23.2 Å². The van der Waals surface area contributed by atoms with Crippen LogP contribution in [0.2, 0.25) is 5.02 Å². The minimum atomic E-state index is -4.42. The van der Waals surface area contributed by atoms with Crippen molar-refractivity contribution in [3.05, 3.63) is 40.9 Å². The van der Waals surface area contributed by atoms with Crippen molar-refractivity contribution in [1.29, 1.82) is 0 Å². The summed E-state index contributed by atoms with van der Waals surface area (Å²) in [7, 11) is 0. The fraction of sp³-hybridized carbons (Fsp3) is 0.450. The number of rotatable bonds is 7. The predicted molar refractivity (Wildman–Crippen MR) is 112 cm³/mol. The van der Waals surface area contributed by atoms with Crippen molar-refractivity contribution in [2.75, 3.05) is 18.5 Å². The molecule has 0 spiro atoms. The first-order valence-electron chi connectivity index (χ1n) is 10.0. The van der Waals surface area contributed by atoms with Crippen LogP contribution in [-0.4, -0.2) is 53.0 Å². The molecule has 2 atom stereocenters. The lowest BCUT2D eigenvalue weighted by Crippen LogP contribution is -2.53. The van der Waals surface area contributed by atoms with E-state index in [1.54, 1.807) is 0 Å². The number of benzene rings is 1. The van der Waals surface area contributed by atoms with Crippen LogP contribution in [-0.2, 0) is 16.1 Å². The number of nitrogens with one attached hydrogen (secondary N) is 3. The Balaban J connectivity index is 1.42. The lowest BCUT2D eigenvalue weighted by molar-refractivity contribution is -0.142. The summed E-state index contributed by atoms with van der Waals surface area (Å²) >= 11 is 5.59. The van der Waals surface area contributed by atoms with E-state index in [1.165, 1.54) is 25.3 Å². The number of halogens is 5. The number of nitrogens with zero attached hydrogens (tertiary/aromatic N) is 2. The average molecular weight is 492 g/mol. The smallest absolute Gasteiger partial charge is 0.408 e. The van der Waals surface area contributed by atoms with Crippen LogP contribution < -0.4 is 20.7 Å². The molecule has 180 valence electrons. The first-order chi connectivity index (χ1) is 15.5. The largest absolute Gasteiger partial charge is 0.484 e. The minimum absolute atomic E-state index is 0.0519. The van der Waals surface area contributed by atoms with Crippen LogP contribution in [0.15, 0.2) is 24.4 Å². The number of carbonyl (C=O) groups excluding carboxylic acids is 2. The molecule has 0 saturated carbocycles. The second-order valence-electron chi connectivity index (χ2n) is 7.57. The monoisotopic (exact) mass is 491 g/mol. The fourth-order valence-corrected chi connectivity index (χ4v) is 3.42. The van der Waals surface area contributed by atoms with Gasteiger partial charge >= 0.3 is 6.18 Å². The van der Waals surface area contributed by atoms with Crippen molar-refractivity contribution >= 4 is 29.1 Å². The van der Waals surface area contributed by atoms with E-state index in [0.717, 1.165) is 10.7 Å². The van der Waals surface area contributed by atoms with Crippen molar-refractivity contribution in [2.24, 2.45) is 0 Å². The van der Waals surface area contributed by atoms with Gasteiger partial charge in [0.1, 0.15) is 18.1 Å². The molecule has 1 aliphatic heterocycles. The van der Waals surface area contributed by atoms with Crippen molar-refractivity contribution in [1.82, 2.24) is 20.4 Å². The van der Waals surface area contributed by atoms with E-state index >= 15 is 0 Å². The Bertz CT molecular complexity index is 1010. The van der Waals surface area contributed by atoms with E-state index in [1.807, 2.05) is 0 Å². The SMILES string of the molecule is Cc1c(NC(=O)[C@H]2CC[C@H](NC(=O)COc3ccc(Cl)c(F)c3)CN2)cnn1CC(F)(F)F. The van der Waals surface area contributed by atoms with Gasteiger partial charge in [0, 0.05) is 18.7 Å². The Kier molecular flexibility index (Phi) is 7.80. The van der Waals surface area contributed by atoms with Crippen LogP contribution in [0.25, 0.3) is 0 Å². The molecule has 2 amide bonds. The van der Waals surface area contributed by atoms with E-state index in [9.17, 15) is 27.2 Å². The molecule has 2 aromatic rings. The molecule has 1 saturated heterocycles. The quantitative estimate of drug-likeness (QED) is 0.518. The first-order valence-corrected chi connectivity index (χ1v) is 10.4. The number of ether oxygens (including phenoxy) is 1. The Morgan fingerprint density at radius 3 is 2.73 bits per heavy atom. The minimum Gasteiger partial charge on any atom is -0.484 e. The van der Waals surface area contributed by atoms with Crippen LogP contribution >= 0.6 is 11.6 Å². The van der Waals surface area contributed by atoms with Gasteiger partial charge in [0.05, 0.1) is 28.6 Å². The van der Waals surface area contributed by atoms with Crippen molar-refractivity contribution in [3.63, 3.8) is 0 Å². The number of anilines is 1. The molecule has 8 nitrogen and oxygen atoms in total. The first kappa shape index (κ1) is 24.8. The Morgan fingerprint density at radius 1 is 1.33 bits per heavy atom. The normalized spacial score (nSPS) is 18.6. The molecule has 2 heterocycles. The maximum absolute atomic E-state index is 13.4. The maximum Gasteiger partial charge on any atom is 0.408 e. The summed E-state index contributed by atoms with van der Waals surface area (Å²) in [5, 5.41) is 12.0. The summed E-state index contributed by atoms with van der Waals surface area (Å²) in [6, 6.07) is 3.03. The predicted octanol–water partition coefficient (Wildman–Crippen LogP) is 2.80. The highest BCUT2D eigenvalue weighted by molar-refractivity contribution is 6.30. The van der Waals surface area contributed by atoms with Crippen LogP contribution in [0.5, 0.6) is 5.75 Å². The summed E-state index contributed by atoms with van der Waals surface area (Å²) in [4.78, 5) is 24.6. The number of hydrogen-bond donors (Lipinski definition) is 3. The summed E-state index contributed by atoms with van der Waals surface area (Å²) in [5.74, 6) is -1.30. The summed E-state index contributed by atoms with van der Waals surface area (Å²) in [5.41, 5.74) is 0.402. The number of alkyl halides is 3. The van der Waals surface area contributed by atoms with Crippen LogP contribution in [0.3, 0.4) is 0 Å². The van der Waals surface area contributed by atoms with Gasteiger partial charge in [-0.05, 0) is 31.9 Å². The third kappa shape index (κ3) is 7.06. The molecule has 33 heavy (non-hydrogen) atoms. The van der Waals surface area contributed by atoms with Crippen LogP contribution in [0, 0.1) is 12.7 Å². The van der Waals surface area contributed by atoms with Gasteiger partial charge in [-0.3, -0.25) is 14.3 Å².